The number of aryl methyl sites for hydroxylation is 1. The summed E-state index contributed by atoms with van der Waals surface area (Å²) >= 11 is 1.27. The van der Waals surface area contributed by atoms with Gasteiger partial charge in [-0.2, -0.15) is 0 Å². The number of aliphatic hydroxyl groups is 1. The first kappa shape index (κ1) is 13.4. The average Bonchev–Trinajstić information content (AvgIpc) is 2.59. The van der Waals surface area contributed by atoms with Crippen LogP contribution in [0.1, 0.15) is 11.8 Å². The summed E-state index contributed by atoms with van der Waals surface area (Å²) in [6.07, 6.45) is 0.403. The highest BCUT2D eigenvalue weighted by molar-refractivity contribution is 7.15. The molecule has 94 valence electrons. The molecular weight excluding hydrogens is 246 g/mol. The number of nitrogens with one attached hydrogen (secondary N) is 2. The van der Waals surface area contributed by atoms with Gasteiger partial charge in [0.25, 0.3) is 0 Å². The number of aliphatic hydroxyl groups excluding tert-OH is 1. The van der Waals surface area contributed by atoms with Crippen molar-refractivity contribution in [1.82, 2.24) is 10.3 Å². The largest absolute Gasteiger partial charge is 0.480 e. The summed E-state index contributed by atoms with van der Waals surface area (Å²) in [5.41, 5.74) is 0. The number of urea groups is 1. The number of anilines is 1. The molecule has 0 unspecified atom stereocenters. The van der Waals surface area contributed by atoms with Crippen LogP contribution in [0.15, 0.2) is 6.20 Å². The number of carbonyl (C=O) groups excluding carboxylic acids is 1. The molecule has 0 fully saturated rings. The molecule has 0 bridgehead atoms. The maximum Gasteiger partial charge on any atom is 0.328 e. The summed E-state index contributed by atoms with van der Waals surface area (Å²) in [5, 5.41) is 22.8. The molecule has 2 amide bonds. The molecule has 1 aromatic heterocycles. The van der Waals surface area contributed by atoms with E-state index in [0.717, 1.165) is 4.88 Å². The monoisotopic (exact) mass is 259 g/mol. The number of hydrogen-bond acceptors (Lipinski definition) is 5. The van der Waals surface area contributed by atoms with Crippen LogP contribution in [0.25, 0.3) is 0 Å². The Bertz CT molecular complexity index is 418. The number of nitrogens with zero attached hydrogens (tertiary/aromatic N) is 1. The molecule has 0 aliphatic heterocycles. The second-order valence-electron chi connectivity index (χ2n) is 3.43. The molecule has 0 aliphatic carbocycles. The molecule has 1 heterocycles. The minimum absolute atomic E-state index is 0.370. The topological polar surface area (TPSA) is 112 Å². The normalized spacial score (nSPS) is 13.8. The second-order valence-corrected chi connectivity index (χ2v) is 4.67. The number of carbonyl (C=O) groups is 2. The molecule has 1 aromatic rings. The molecule has 0 saturated heterocycles. The smallest absolute Gasteiger partial charge is 0.328 e. The van der Waals surface area contributed by atoms with Crippen molar-refractivity contribution in [3.8, 4) is 0 Å². The summed E-state index contributed by atoms with van der Waals surface area (Å²) in [6.45, 7) is 3.11. The summed E-state index contributed by atoms with van der Waals surface area (Å²) in [4.78, 5) is 26.9. The number of aliphatic carboxylic acids is 1. The van der Waals surface area contributed by atoms with Crippen molar-refractivity contribution in [3.63, 3.8) is 0 Å². The molecule has 1 rings (SSSR count). The van der Waals surface area contributed by atoms with Gasteiger partial charge in [0.15, 0.2) is 11.2 Å². The van der Waals surface area contributed by atoms with E-state index in [1.165, 1.54) is 18.3 Å². The van der Waals surface area contributed by atoms with Crippen LogP contribution in [0, 0.1) is 6.92 Å². The van der Waals surface area contributed by atoms with Gasteiger partial charge in [0.05, 0.1) is 6.10 Å². The van der Waals surface area contributed by atoms with Crippen molar-refractivity contribution >= 4 is 28.5 Å². The molecular formula is C9H13N3O4S. The Morgan fingerprint density at radius 3 is 2.59 bits per heavy atom. The van der Waals surface area contributed by atoms with Crippen molar-refractivity contribution in [2.24, 2.45) is 0 Å². The summed E-state index contributed by atoms with van der Waals surface area (Å²) in [5.74, 6) is -1.30. The Kier molecular flexibility index (Phi) is 4.41. The zero-order valence-corrected chi connectivity index (χ0v) is 10.1. The van der Waals surface area contributed by atoms with Crippen LogP contribution in [-0.2, 0) is 4.79 Å². The minimum Gasteiger partial charge on any atom is -0.480 e. The van der Waals surface area contributed by atoms with E-state index in [1.54, 1.807) is 6.20 Å². The van der Waals surface area contributed by atoms with E-state index in [0.29, 0.717) is 5.13 Å². The number of amides is 2. The highest BCUT2D eigenvalue weighted by atomic mass is 32.1. The van der Waals surface area contributed by atoms with Crippen molar-refractivity contribution < 1.29 is 19.8 Å². The number of rotatable bonds is 4. The third-order valence-corrected chi connectivity index (χ3v) is 2.70. The third kappa shape index (κ3) is 4.00. The first-order valence-corrected chi connectivity index (χ1v) is 5.62. The lowest BCUT2D eigenvalue weighted by molar-refractivity contribution is -0.141. The van der Waals surface area contributed by atoms with Crippen LogP contribution in [-0.4, -0.2) is 39.3 Å². The predicted molar refractivity (Wildman–Crippen MR) is 62.1 cm³/mol. The first-order chi connectivity index (χ1) is 7.90. The van der Waals surface area contributed by atoms with Gasteiger partial charge in [-0.1, -0.05) is 0 Å². The molecule has 0 radical (unpaired) electrons. The van der Waals surface area contributed by atoms with Crippen molar-refractivity contribution in [2.75, 3.05) is 5.32 Å². The zero-order valence-electron chi connectivity index (χ0n) is 9.30. The van der Waals surface area contributed by atoms with Gasteiger partial charge >= 0.3 is 12.0 Å². The van der Waals surface area contributed by atoms with Crippen LogP contribution in [0.2, 0.25) is 0 Å². The van der Waals surface area contributed by atoms with Gasteiger partial charge in [0.1, 0.15) is 0 Å². The molecule has 17 heavy (non-hydrogen) atoms. The SMILES string of the molecule is Cc1cnc(NC(=O)N[C@H](C(=O)O)[C@@H](C)O)s1. The van der Waals surface area contributed by atoms with Gasteiger partial charge in [0, 0.05) is 11.1 Å². The van der Waals surface area contributed by atoms with Gasteiger partial charge in [0.2, 0.25) is 0 Å². The van der Waals surface area contributed by atoms with E-state index in [4.69, 9.17) is 10.2 Å². The van der Waals surface area contributed by atoms with Gasteiger partial charge in [-0.3, -0.25) is 5.32 Å². The molecule has 0 aromatic carbocycles. The van der Waals surface area contributed by atoms with E-state index in [9.17, 15) is 9.59 Å². The third-order valence-electron chi connectivity index (χ3n) is 1.88. The molecule has 7 nitrogen and oxygen atoms in total. The van der Waals surface area contributed by atoms with Crippen LogP contribution in [0.4, 0.5) is 9.93 Å². The van der Waals surface area contributed by atoms with Crippen LogP contribution < -0.4 is 10.6 Å². The maximum atomic E-state index is 11.4. The van der Waals surface area contributed by atoms with Gasteiger partial charge in [-0.05, 0) is 13.8 Å². The van der Waals surface area contributed by atoms with Gasteiger partial charge in [-0.25, -0.2) is 14.6 Å². The Balaban J connectivity index is 2.56. The lowest BCUT2D eigenvalue weighted by Crippen LogP contribution is -2.49. The molecule has 2 atom stereocenters. The van der Waals surface area contributed by atoms with Gasteiger partial charge < -0.3 is 15.5 Å². The summed E-state index contributed by atoms with van der Waals surface area (Å²) in [7, 11) is 0. The van der Waals surface area contributed by atoms with Crippen molar-refractivity contribution in [2.45, 2.75) is 26.0 Å². The van der Waals surface area contributed by atoms with Gasteiger partial charge in [-0.15, -0.1) is 11.3 Å². The van der Waals surface area contributed by atoms with E-state index >= 15 is 0 Å². The summed E-state index contributed by atoms with van der Waals surface area (Å²) < 4.78 is 0. The van der Waals surface area contributed by atoms with E-state index in [-0.39, 0.29) is 0 Å². The fraction of sp³-hybridized carbons (Fsp3) is 0.444. The predicted octanol–water partition coefficient (Wildman–Crippen LogP) is 0.407. The average molecular weight is 259 g/mol. The van der Waals surface area contributed by atoms with Crippen molar-refractivity contribution in [3.05, 3.63) is 11.1 Å². The Morgan fingerprint density at radius 1 is 1.53 bits per heavy atom. The van der Waals surface area contributed by atoms with Crippen LogP contribution in [0.3, 0.4) is 0 Å². The Hall–Kier alpha value is -1.67. The Morgan fingerprint density at radius 2 is 2.18 bits per heavy atom. The van der Waals surface area contributed by atoms with Crippen LogP contribution in [0.5, 0.6) is 0 Å². The standard InChI is InChI=1S/C9H13N3O4S/c1-4-3-10-9(17-4)12-8(16)11-6(5(2)13)7(14)15/h3,5-6,13H,1-2H3,(H,14,15)(H2,10,11,12,16)/t5-,6+/m1/s1. The number of hydrogen-bond donors (Lipinski definition) is 4. The molecule has 0 spiro atoms. The minimum atomic E-state index is -1.35. The maximum absolute atomic E-state index is 11.4. The molecule has 0 aliphatic rings. The summed E-state index contributed by atoms with van der Waals surface area (Å²) in [6, 6.07) is -2.07. The molecule has 8 heteroatoms. The fourth-order valence-electron chi connectivity index (χ4n) is 1.08. The quantitative estimate of drug-likeness (QED) is 0.625. The Labute approximate surface area is 101 Å². The number of carboxylic acids is 1. The molecule has 4 N–H and O–H groups in total. The van der Waals surface area contributed by atoms with Crippen molar-refractivity contribution in [1.29, 1.82) is 0 Å². The first-order valence-electron chi connectivity index (χ1n) is 4.81. The van der Waals surface area contributed by atoms with E-state index in [1.807, 2.05) is 6.92 Å². The van der Waals surface area contributed by atoms with E-state index < -0.39 is 24.1 Å². The number of aromatic nitrogens is 1. The second kappa shape index (κ2) is 5.60. The number of carboxylic acid groups (broad SMARTS) is 1. The highest BCUT2D eigenvalue weighted by Crippen LogP contribution is 2.16. The fourth-order valence-corrected chi connectivity index (χ4v) is 1.74. The number of thiazole rings is 1. The highest BCUT2D eigenvalue weighted by Gasteiger charge is 2.25. The van der Waals surface area contributed by atoms with E-state index in [2.05, 4.69) is 15.6 Å². The molecule has 0 saturated carbocycles. The lowest BCUT2D eigenvalue weighted by atomic mass is 10.2. The van der Waals surface area contributed by atoms with Crippen LogP contribution >= 0.6 is 11.3 Å². The lowest BCUT2D eigenvalue weighted by Gasteiger charge is -2.16. The zero-order chi connectivity index (χ0) is 13.0.